The van der Waals surface area contributed by atoms with Crippen LogP contribution in [0.25, 0.3) is 0 Å². The summed E-state index contributed by atoms with van der Waals surface area (Å²) in [6, 6.07) is 0. The Kier molecular flexibility index (Phi) is 3.28. The molecule has 0 radical (unpaired) electrons. The van der Waals surface area contributed by atoms with E-state index in [1.165, 1.54) is 0 Å². The molecule has 0 unspecified atom stereocenters. The van der Waals surface area contributed by atoms with Gasteiger partial charge in [-0.05, 0) is 12.8 Å². The normalized spacial score (nSPS) is 28.0. The summed E-state index contributed by atoms with van der Waals surface area (Å²) in [7, 11) is 0. The van der Waals surface area contributed by atoms with Crippen LogP contribution in [-0.4, -0.2) is 16.7 Å². The van der Waals surface area contributed by atoms with Crippen LogP contribution in [0.15, 0.2) is 24.3 Å². The van der Waals surface area contributed by atoms with Crippen LogP contribution in [0.4, 0.5) is 0 Å². The largest absolute Gasteiger partial charge is 0.385 e. The minimum Gasteiger partial charge on any atom is -0.385 e. The number of hydrogen-bond donors (Lipinski definition) is 2. The molecule has 0 bridgehead atoms. The van der Waals surface area contributed by atoms with Crippen molar-refractivity contribution in [2.24, 2.45) is 11.7 Å². The molecule has 2 nitrogen and oxygen atoms in total. The van der Waals surface area contributed by atoms with E-state index >= 15 is 0 Å². The average Bonchev–Trinajstić information content (AvgIpc) is 2.18. The van der Waals surface area contributed by atoms with Crippen molar-refractivity contribution in [1.82, 2.24) is 0 Å². The number of rotatable bonds is 3. The van der Waals surface area contributed by atoms with E-state index in [2.05, 4.69) is 13.8 Å². The maximum Gasteiger partial charge on any atom is 0.0903 e. The van der Waals surface area contributed by atoms with Gasteiger partial charge in [-0.15, -0.1) is 0 Å². The van der Waals surface area contributed by atoms with Gasteiger partial charge in [0, 0.05) is 11.5 Å². The Bertz CT molecular complexity index is 202. The molecule has 0 fully saturated rings. The van der Waals surface area contributed by atoms with Crippen LogP contribution in [0, 0.1) is 5.92 Å². The molecule has 0 atom stereocenters. The Balaban J connectivity index is 2.72. The second kappa shape index (κ2) is 4.07. The van der Waals surface area contributed by atoms with Gasteiger partial charge in [-0.3, -0.25) is 0 Å². The highest BCUT2D eigenvalue weighted by atomic mass is 16.3. The van der Waals surface area contributed by atoms with Gasteiger partial charge in [0.05, 0.1) is 6.10 Å². The highest BCUT2D eigenvalue weighted by Gasteiger charge is 2.28. The molecule has 0 aromatic heterocycles. The van der Waals surface area contributed by atoms with Crippen LogP contribution < -0.4 is 5.73 Å². The molecule has 0 aromatic carbocycles. The maximum atomic E-state index is 9.22. The van der Waals surface area contributed by atoms with Crippen LogP contribution in [0.1, 0.15) is 26.7 Å². The molecule has 0 saturated carbocycles. The van der Waals surface area contributed by atoms with Crippen molar-refractivity contribution < 1.29 is 5.11 Å². The first kappa shape index (κ1) is 10.5. The van der Waals surface area contributed by atoms with Crippen LogP contribution in [-0.2, 0) is 0 Å². The Hall–Kier alpha value is -0.600. The van der Waals surface area contributed by atoms with Gasteiger partial charge in [0.25, 0.3) is 0 Å². The van der Waals surface area contributed by atoms with Gasteiger partial charge in [0.2, 0.25) is 0 Å². The van der Waals surface area contributed by atoms with E-state index in [0.717, 1.165) is 12.8 Å². The van der Waals surface area contributed by atoms with E-state index in [1.54, 1.807) is 12.2 Å². The summed E-state index contributed by atoms with van der Waals surface area (Å²) in [5.41, 5.74) is 6.09. The number of aliphatic hydroxyl groups excluding tert-OH is 1. The number of aliphatic hydroxyl groups is 1. The van der Waals surface area contributed by atoms with Crippen molar-refractivity contribution in [3.63, 3.8) is 0 Å². The Morgan fingerprint density at radius 1 is 1.15 bits per heavy atom. The predicted octanol–water partition coefficient (Wildman–Crippen LogP) is 1.61. The third-order valence-electron chi connectivity index (χ3n) is 3.01. The molecular weight excluding hydrogens is 162 g/mol. The Morgan fingerprint density at radius 2 is 1.62 bits per heavy atom. The third kappa shape index (κ3) is 2.20. The molecule has 0 amide bonds. The molecule has 0 aliphatic heterocycles. The van der Waals surface area contributed by atoms with Crippen molar-refractivity contribution in [3.8, 4) is 0 Å². The minimum atomic E-state index is -0.422. The zero-order valence-corrected chi connectivity index (χ0v) is 8.40. The predicted molar refractivity (Wildman–Crippen MR) is 55.3 cm³/mol. The molecule has 1 aliphatic rings. The van der Waals surface area contributed by atoms with Crippen LogP contribution >= 0.6 is 0 Å². The highest BCUT2D eigenvalue weighted by molar-refractivity contribution is 5.19. The van der Waals surface area contributed by atoms with Gasteiger partial charge in [-0.2, -0.15) is 0 Å². The Morgan fingerprint density at radius 3 is 2.00 bits per heavy atom. The molecule has 1 aliphatic carbocycles. The first-order valence-electron chi connectivity index (χ1n) is 4.96. The molecule has 13 heavy (non-hydrogen) atoms. The van der Waals surface area contributed by atoms with Crippen LogP contribution in [0.3, 0.4) is 0 Å². The molecule has 1 rings (SSSR count). The molecule has 74 valence electrons. The highest BCUT2D eigenvalue weighted by Crippen LogP contribution is 2.27. The van der Waals surface area contributed by atoms with Gasteiger partial charge in [-0.1, -0.05) is 38.2 Å². The lowest BCUT2D eigenvalue weighted by Gasteiger charge is -2.33. The first-order valence-corrected chi connectivity index (χ1v) is 4.96. The molecular formula is C11H19NO. The van der Waals surface area contributed by atoms with E-state index < -0.39 is 6.10 Å². The fourth-order valence-electron chi connectivity index (χ4n) is 1.70. The lowest BCUT2D eigenvalue weighted by Crippen LogP contribution is -2.45. The fraction of sp³-hybridized carbons (Fsp3) is 0.636. The summed E-state index contributed by atoms with van der Waals surface area (Å²) in [6.07, 6.45) is 9.12. The SMILES string of the molecule is CCC(N)(CC)C1C=CC(O)C=C1. The van der Waals surface area contributed by atoms with E-state index in [4.69, 9.17) is 5.73 Å². The van der Waals surface area contributed by atoms with E-state index in [9.17, 15) is 5.11 Å². The molecule has 2 heteroatoms. The standard InChI is InChI=1S/C11H19NO/c1-3-11(12,4-2)9-5-7-10(13)8-6-9/h5-10,13H,3-4,12H2,1-2H3. The summed E-state index contributed by atoms with van der Waals surface area (Å²) in [5.74, 6) is 0.269. The monoisotopic (exact) mass is 181 g/mol. The van der Waals surface area contributed by atoms with Crippen molar-refractivity contribution in [3.05, 3.63) is 24.3 Å². The third-order valence-corrected chi connectivity index (χ3v) is 3.01. The van der Waals surface area contributed by atoms with E-state index in [1.807, 2.05) is 12.2 Å². The van der Waals surface area contributed by atoms with Crippen LogP contribution in [0.2, 0.25) is 0 Å². The quantitative estimate of drug-likeness (QED) is 0.650. The minimum absolute atomic E-state index is 0.146. The summed E-state index contributed by atoms with van der Waals surface area (Å²) < 4.78 is 0. The number of nitrogens with two attached hydrogens (primary N) is 1. The van der Waals surface area contributed by atoms with E-state index in [-0.39, 0.29) is 11.5 Å². The van der Waals surface area contributed by atoms with Gasteiger partial charge in [0.15, 0.2) is 0 Å². The van der Waals surface area contributed by atoms with Crippen molar-refractivity contribution >= 4 is 0 Å². The van der Waals surface area contributed by atoms with E-state index in [0.29, 0.717) is 0 Å². The molecule has 0 saturated heterocycles. The van der Waals surface area contributed by atoms with Crippen molar-refractivity contribution in [2.45, 2.75) is 38.3 Å². The number of hydrogen-bond acceptors (Lipinski definition) is 2. The lowest BCUT2D eigenvalue weighted by molar-refractivity contribution is 0.260. The molecule has 0 heterocycles. The summed E-state index contributed by atoms with van der Waals surface area (Å²) >= 11 is 0. The lowest BCUT2D eigenvalue weighted by atomic mass is 9.78. The first-order chi connectivity index (χ1) is 6.12. The summed E-state index contributed by atoms with van der Waals surface area (Å²) in [4.78, 5) is 0. The summed E-state index contributed by atoms with van der Waals surface area (Å²) in [6.45, 7) is 4.21. The molecule has 0 spiro atoms. The zero-order chi connectivity index (χ0) is 9.90. The van der Waals surface area contributed by atoms with Gasteiger partial charge in [0.1, 0.15) is 0 Å². The van der Waals surface area contributed by atoms with Crippen molar-refractivity contribution in [1.29, 1.82) is 0 Å². The second-order valence-corrected chi connectivity index (χ2v) is 3.73. The van der Waals surface area contributed by atoms with Gasteiger partial charge < -0.3 is 10.8 Å². The van der Waals surface area contributed by atoms with Gasteiger partial charge in [-0.25, -0.2) is 0 Å². The maximum absolute atomic E-state index is 9.22. The summed E-state index contributed by atoms with van der Waals surface area (Å²) in [5, 5.41) is 9.22. The van der Waals surface area contributed by atoms with Crippen LogP contribution in [0.5, 0.6) is 0 Å². The van der Waals surface area contributed by atoms with Crippen molar-refractivity contribution in [2.75, 3.05) is 0 Å². The molecule has 0 aromatic rings. The fourth-order valence-corrected chi connectivity index (χ4v) is 1.70. The Labute approximate surface area is 80.1 Å². The van der Waals surface area contributed by atoms with Gasteiger partial charge >= 0.3 is 0 Å². The molecule has 3 N–H and O–H groups in total. The zero-order valence-electron chi connectivity index (χ0n) is 8.40. The smallest absolute Gasteiger partial charge is 0.0903 e. The average molecular weight is 181 g/mol. The topological polar surface area (TPSA) is 46.2 Å². The second-order valence-electron chi connectivity index (χ2n) is 3.73.